The van der Waals surface area contributed by atoms with Gasteiger partial charge < -0.3 is 14.8 Å². The maximum absolute atomic E-state index is 12.4. The highest BCUT2D eigenvalue weighted by atomic mass is 32.2. The third-order valence-corrected chi connectivity index (χ3v) is 5.36. The molecule has 1 aliphatic rings. The summed E-state index contributed by atoms with van der Waals surface area (Å²) in [5.74, 6) is -0.0336. The van der Waals surface area contributed by atoms with Crippen molar-refractivity contribution in [2.75, 3.05) is 12.9 Å². The molecular formula is C18H32N2O5S. The average Bonchev–Trinajstić information content (AvgIpc) is 2.99. The highest BCUT2D eigenvalue weighted by Gasteiger charge is 2.33. The normalized spacial score (nSPS) is 22.4. The zero-order valence-corrected chi connectivity index (χ0v) is 17.4. The first kappa shape index (κ1) is 22.8. The van der Waals surface area contributed by atoms with Gasteiger partial charge in [0.15, 0.2) is 0 Å². The van der Waals surface area contributed by atoms with Crippen molar-refractivity contribution in [1.29, 1.82) is 0 Å². The Morgan fingerprint density at radius 1 is 1.31 bits per heavy atom. The SMILES string of the molecule is CC[C@H](CC1N[C@H](C(=O)OC)CS1)C[C@H](NC(C)=O)C(=O)OC(C)(C)C. The molecule has 0 aromatic rings. The quantitative estimate of drug-likeness (QED) is 0.613. The van der Waals surface area contributed by atoms with Crippen LogP contribution in [0.15, 0.2) is 0 Å². The minimum atomic E-state index is -0.667. The number of thioether (sulfide) groups is 1. The molecule has 0 aromatic carbocycles. The molecule has 8 heteroatoms. The molecule has 2 N–H and O–H groups in total. The topological polar surface area (TPSA) is 93.7 Å². The summed E-state index contributed by atoms with van der Waals surface area (Å²) in [6.07, 6.45) is 2.17. The molecule has 0 aliphatic carbocycles. The Bertz CT molecular complexity index is 506. The summed E-state index contributed by atoms with van der Waals surface area (Å²) in [5.41, 5.74) is -0.605. The molecule has 150 valence electrons. The predicted octanol–water partition coefficient (Wildman–Crippen LogP) is 1.84. The second kappa shape index (κ2) is 10.2. The molecule has 0 spiro atoms. The van der Waals surface area contributed by atoms with Crippen LogP contribution in [0, 0.1) is 5.92 Å². The van der Waals surface area contributed by atoms with Gasteiger partial charge in [0, 0.05) is 12.7 Å². The Morgan fingerprint density at radius 3 is 2.46 bits per heavy atom. The lowest BCUT2D eigenvalue weighted by atomic mass is 9.93. The number of hydrogen-bond donors (Lipinski definition) is 2. The second-order valence-corrected chi connectivity index (χ2v) is 8.83. The van der Waals surface area contributed by atoms with Gasteiger partial charge in [-0.25, -0.2) is 4.79 Å². The Labute approximate surface area is 160 Å². The highest BCUT2D eigenvalue weighted by molar-refractivity contribution is 8.00. The largest absolute Gasteiger partial charge is 0.468 e. The van der Waals surface area contributed by atoms with Gasteiger partial charge in [0.1, 0.15) is 17.7 Å². The van der Waals surface area contributed by atoms with Crippen LogP contribution < -0.4 is 10.6 Å². The van der Waals surface area contributed by atoms with E-state index in [1.165, 1.54) is 14.0 Å². The maximum atomic E-state index is 12.4. The highest BCUT2D eigenvalue weighted by Crippen LogP contribution is 2.28. The molecule has 26 heavy (non-hydrogen) atoms. The van der Waals surface area contributed by atoms with E-state index < -0.39 is 17.6 Å². The lowest BCUT2D eigenvalue weighted by Crippen LogP contribution is -2.45. The van der Waals surface area contributed by atoms with E-state index >= 15 is 0 Å². The number of carbonyl (C=O) groups is 3. The summed E-state index contributed by atoms with van der Waals surface area (Å²) >= 11 is 1.68. The standard InChI is InChI=1S/C18H32N2O5S/c1-7-12(9-15-20-14(10-26-15)16(22)24-6)8-13(19-11(2)21)17(23)25-18(3,4)5/h12-15,20H,7-10H2,1-6H3,(H,19,21)/t12-,13-,14-,15?/m0/s1. The van der Waals surface area contributed by atoms with Crippen molar-refractivity contribution in [2.24, 2.45) is 5.92 Å². The molecule has 1 fully saturated rings. The third-order valence-electron chi connectivity index (χ3n) is 4.10. The van der Waals surface area contributed by atoms with Gasteiger partial charge in [0.05, 0.1) is 12.5 Å². The zero-order chi connectivity index (χ0) is 19.9. The van der Waals surface area contributed by atoms with Gasteiger partial charge in [0.2, 0.25) is 5.91 Å². The van der Waals surface area contributed by atoms with Crippen LogP contribution >= 0.6 is 11.8 Å². The van der Waals surface area contributed by atoms with Crippen molar-refractivity contribution in [3.8, 4) is 0 Å². The van der Waals surface area contributed by atoms with E-state index in [4.69, 9.17) is 9.47 Å². The van der Waals surface area contributed by atoms with Crippen LogP contribution in [-0.4, -0.2) is 53.8 Å². The van der Waals surface area contributed by atoms with E-state index in [2.05, 4.69) is 17.6 Å². The molecule has 1 rings (SSSR count). The van der Waals surface area contributed by atoms with Crippen molar-refractivity contribution >= 4 is 29.6 Å². The van der Waals surface area contributed by atoms with E-state index in [-0.39, 0.29) is 29.2 Å². The molecule has 7 nitrogen and oxygen atoms in total. The number of carbonyl (C=O) groups excluding carboxylic acids is 3. The molecule has 1 heterocycles. The second-order valence-electron chi connectivity index (χ2n) is 7.60. The van der Waals surface area contributed by atoms with Crippen molar-refractivity contribution in [3.63, 3.8) is 0 Å². The minimum Gasteiger partial charge on any atom is -0.468 e. The summed E-state index contributed by atoms with van der Waals surface area (Å²) < 4.78 is 10.2. The summed E-state index contributed by atoms with van der Waals surface area (Å²) in [7, 11) is 1.38. The maximum Gasteiger partial charge on any atom is 0.329 e. The van der Waals surface area contributed by atoms with E-state index in [1.54, 1.807) is 32.5 Å². The van der Waals surface area contributed by atoms with E-state index in [9.17, 15) is 14.4 Å². The molecule has 0 bridgehead atoms. The van der Waals surface area contributed by atoms with E-state index in [0.29, 0.717) is 12.2 Å². The van der Waals surface area contributed by atoms with Crippen LogP contribution in [-0.2, 0) is 23.9 Å². The summed E-state index contributed by atoms with van der Waals surface area (Å²) in [4.78, 5) is 35.6. The average molecular weight is 389 g/mol. The molecule has 0 radical (unpaired) electrons. The molecule has 4 atom stereocenters. The van der Waals surface area contributed by atoms with Crippen LogP contribution in [0.5, 0.6) is 0 Å². The van der Waals surface area contributed by atoms with Gasteiger partial charge in [-0.3, -0.25) is 14.9 Å². The molecule has 0 saturated carbocycles. The molecule has 1 amide bonds. The number of nitrogens with one attached hydrogen (secondary N) is 2. The first-order valence-corrected chi connectivity index (χ1v) is 10.1. The van der Waals surface area contributed by atoms with Crippen LogP contribution in [0.3, 0.4) is 0 Å². The van der Waals surface area contributed by atoms with E-state index in [1.807, 2.05) is 0 Å². The van der Waals surface area contributed by atoms with Gasteiger partial charge in [-0.05, 0) is 39.5 Å². The number of rotatable bonds is 8. The molecule has 1 aliphatic heterocycles. The van der Waals surface area contributed by atoms with Crippen LogP contribution in [0.2, 0.25) is 0 Å². The lowest BCUT2D eigenvalue weighted by Gasteiger charge is -2.27. The van der Waals surface area contributed by atoms with Crippen molar-refractivity contribution in [3.05, 3.63) is 0 Å². The third kappa shape index (κ3) is 7.95. The Hall–Kier alpha value is -1.28. The Morgan fingerprint density at radius 2 is 1.96 bits per heavy atom. The minimum absolute atomic E-state index is 0.126. The first-order valence-electron chi connectivity index (χ1n) is 9.01. The molecule has 0 aromatic heterocycles. The van der Waals surface area contributed by atoms with Crippen molar-refractivity contribution in [2.45, 2.75) is 76.9 Å². The van der Waals surface area contributed by atoms with Crippen molar-refractivity contribution < 1.29 is 23.9 Å². The summed E-state index contributed by atoms with van der Waals surface area (Å²) in [6, 6.07) is -0.955. The fourth-order valence-corrected chi connectivity index (χ4v) is 4.17. The fraction of sp³-hybridized carbons (Fsp3) is 0.833. The van der Waals surface area contributed by atoms with Gasteiger partial charge in [-0.2, -0.15) is 0 Å². The van der Waals surface area contributed by atoms with E-state index in [0.717, 1.165) is 12.8 Å². The number of amides is 1. The zero-order valence-electron chi connectivity index (χ0n) is 16.6. The number of hydrogen-bond acceptors (Lipinski definition) is 7. The van der Waals surface area contributed by atoms with Crippen LogP contribution in [0.4, 0.5) is 0 Å². The molecule has 1 saturated heterocycles. The number of esters is 2. The van der Waals surface area contributed by atoms with Gasteiger partial charge in [-0.15, -0.1) is 11.8 Å². The monoisotopic (exact) mass is 388 g/mol. The smallest absolute Gasteiger partial charge is 0.329 e. The number of methoxy groups -OCH3 is 1. The Kier molecular flexibility index (Phi) is 8.89. The van der Waals surface area contributed by atoms with Crippen LogP contribution in [0.25, 0.3) is 0 Å². The lowest BCUT2D eigenvalue weighted by molar-refractivity contribution is -0.159. The number of ether oxygens (including phenoxy) is 2. The summed E-state index contributed by atoms with van der Waals surface area (Å²) in [6.45, 7) is 8.87. The van der Waals surface area contributed by atoms with Gasteiger partial charge in [-0.1, -0.05) is 13.3 Å². The predicted molar refractivity (Wildman–Crippen MR) is 102 cm³/mol. The summed E-state index contributed by atoms with van der Waals surface area (Å²) in [5, 5.41) is 6.11. The van der Waals surface area contributed by atoms with Crippen molar-refractivity contribution in [1.82, 2.24) is 10.6 Å². The van der Waals surface area contributed by atoms with Gasteiger partial charge in [0.25, 0.3) is 0 Å². The van der Waals surface area contributed by atoms with Crippen LogP contribution in [0.1, 0.15) is 53.9 Å². The first-order chi connectivity index (χ1) is 12.1. The fourth-order valence-electron chi connectivity index (χ4n) is 2.85. The van der Waals surface area contributed by atoms with Gasteiger partial charge >= 0.3 is 11.9 Å². The molecular weight excluding hydrogens is 356 g/mol. The molecule has 1 unspecified atom stereocenters. The Balaban J connectivity index is 2.67.